The number of alkyl carbamates (subject to hydrolysis) is 4. The van der Waals surface area contributed by atoms with Gasteiger partial charge in [-0.05, 0) is 60.8 Å². The second kappa shape index (κ2) is 33.4. The molecule has 4 rings (SSSR count). The molecule has 366 valence electrons. The van der Waals surface area contributed by atoms with Crippen LogP contribution in [0.5, 0.6) is 0 Å². The summed E-state index contributed by atoms with van der Waals surface area (Å²) in [6.07, 6.45) is 6.34. The van der Waals surface area contributed by atoms with Crippen molar-refractivity contribution in [3.05, 3.63) is 144 Å². The molecule has 0 fully saturated rings. The predicted octanol–water partition coefficient (Wildman–Crippen LogP) is 8.34. The van der Waals surface area contributed by atoms with Gasteiger partial charge in [-0.3, -0.25) is 9.59 Å². The van der Waals surface area contributed by atoms with Gasteiger partial charge in [0.1, 0.15) is 38.5 Å². The van der Waals surface area contributed by atoms with Crippen molar-refractivity contribution in [2.24, 2.45) is 0 Å². The Kier molecular flexibility index (Phi) is 26.3. The monoisotopic (exact) mass is 936 g/mol. The number of hydrogen-bond donors (Lipinski definition) is 6. The molecule has 0 spiro atoms. The number of carbonyl (C=O) groups excluding carboxylic acids is 6. The highest BCUT2D eigenvalue weighted by Gasteiger charge is 2.23. The summed E-state index contributed by atoms with van der Waals surface area (Å²) >= 11 is 0. The quantitative estimate of drug-likeness (QED) is 0.0210. The summed E-state index contributed by atoms with van der Waals surface area (Å²) in [5.74, 6) is -0.640. The lowest BCUT2D eigenvalue weighted by Gasteiger charge is -2.19. The maximum Gasteiger partial charge on any atom is 0.408 e. The summed E-state index contributed by atoms with van der Waals surface area (Å²) in [6.45, 7) is 1.86. The highest BCUT2D eigenvalue weighted by molar-refractivity contribution is 5.86. The molecule has 2 unspecified atom stereocenters. The molecule has 16 nitrogen and oxygen atoms in total. The summed E-state index contributed by atoms with van der Waals surface area (Å²) in [4.78, 5) is 76.0. The Hall–Kier alpha value is -7.10. The molecule has 0 bridgehead atoms. The van der Waals surface area contributed by atoms with Gasteiger partial charge in [-0.1, -0.05) is 160 Å². The van der Waals surface area contributed by atoms with Crippen LogP contribution in [0.3, 0.4) is 0 Å². The molecule has 68 heavy (non-hydrogen) atoms. The van der Waals surface area contributed by atoms with E-state index in [1.807, 2.05) is 121 Å². The van der Waals surface area contributed by atoms with E-state index in [2.05, 4.69) is 31.9 Å². The Bertz CT molecular complexity index is 1900. The van der Waals surface area contributed by atoms with E-state index in [1.54, 1.807) is 0 Å². The fourth-order valence-electron chi connectivity index (χ4n) is 6.87. The fraction of sp³-hybridized carbons (Fsp3) is 0.423. The number of nitrogens with one attached hydrogen (secondary N) is 6. The van der Waals surface area contributed by atoms with Crippen LogP contribution < -0.4 is 31.9 Å². The zero-order valence-corrected chi connectivity index (χ0v) is 38.9. The number of amides is 6. The second-order valence-corrected chi connectivity index (χ2v) is 16.2. The van der Waals surface area contributed by atoms with Gasteiger partial charge in [0.05, 0.1) is 0 Å². The fourth-order valence-corrected chi connectivity index (χ4v) is 6.87. The Morgan fingerprint density at radius 2 is 0.588 bits per heavy atom. The molecule has 0 aliphatic carbocycles. The molecule has 6 amide bonds. The maximum atomic E-state index is 13.2. The summed E-state index contributed by atoms with van der Waals surface area (Å²) < 4.78 is 21.2. The molecule has 0 aliphatic rings. The van der Waals surface area contributed by atoms with Crippen LogP contribution in [-0.4, -0.2) is 74.5 Å². The molecule has 2 atom stereocenters. The average molecular weight is 937 g/mol. The van der Waals surface area contributed by atoms with Crippen LogP contribution in [0.2, 0.25) is 0 Å². The first-order chi connectivity index (χ1) is 33.2. The molecule has 0 aliphatic heterocycles. The minimum atomic E-state index is -0.848. The van der Waals surface area contributed by atoms with Crippen LogP contribution in [0.1, 0.15) is 99.3 Å². The van der Waals surface area contributed by atoms with E-state index in [0.717, 1.165) is 73.6 Å². The highest BCUT2D eigenvalue weighted by atomic mass is 16.6. The average Bonchev–Trinajstić information content (AvgIpc) is 3.37. The standard InChI is InChI=1S/C52H68N6O10/c59-47(45(57-51(63)67-39-43-27-15-9-16-28-43)31-21-35-55-49(61)65-37-41-23-11-7-12-24-41)53-33-19-5-3-1-2-4-6-20-34-54-48(60)46(58-52(64)68-40-44-29-17-10-18-30-44)32-22-36-56-50(62)66-38-42-25-13-8-14-26-42/h7-18,23-30,45-46H,1-6,19-22,31-40H2,(H,53,59)(H,54,60)(H,55,61)(H,56,62)(H,57,63)(H,58,64). The van der Waals surface area contributed by atoms with Crippen molar-refractivity contribution in [3.63, 3.8) is 0 Å². The molecule has 4 aromatic rings. The normalized spacial score (nSPS) is 11.5. The third-order valence-electron chi connectivity index (χ3n) is 10.6. The van der Waals surface area contributed by atoms with Gasteiger partial charge in [-0.25, -0.2) is 19.2 Å². The maximum absolute atomic E-state index is 13.2. The smallest absolute Gasteiger partial charge is 0.408 e. The lowest BCUT2D eigenvalue weighted by Crippen LogP contribution is -2.47. The highest BCUT2D eigenvalue weighted by Crippen LogP contribution is 2.10. The molecule has 0 heterocycles. The summed E-state index contributed by atoms with van der Waals surface area (Å²) in [6, 6.07) is 35.5. The first-order valence-corrected chi connectivity index (χ1v) is 23.6. The van der Waals surface area contributed by atoms with Crippen LogP contribution in [0, 0.1) is 0 Å². The molecular formula is C52H68N6O10. The van der Waals surface area contributed by atoms with Crippen molar-refractivity contribution in [1.82, 2.24) is 31.9 Å². The molecule has 6 N–H and O–H groups in total. The van der Waals surface area contributed by atoms with E-state index in [-0.39, 0.29) is 64.2 Å². The van der Waals surface area contributed by atoms with Gasteiger partial charge in [-0.15, -0.1) is 0 Å². The first-order valence-electron chi connectivity index (χ1n) is 23.6. The van der Waals surface area contributed by atoms with E-state index in [1.165, 1.54) is 0 Å². The van der Waals surface area contributed by atoms with Crippen molar-refractivity contribution in [2.45, 2.75) is 116 Å². The third-order valence-corrected chi connectivity index (χ3v) is 10.6. The van der Waals surface area contributed by atoms with Gasteiger partial charge >= 0.3 is 24.4 Å². The van der Waals surface area contributed by atoms with Gasteiger partial charge in [0.25, 0.3) is 0 Å². The van der Waals surface area contributed by atoms with E-state index >= 15 is 0 Å². The molecule has 0 aromatic heterocycles. The third kappa shape index (κ3) is 24.4. The number of rotatable bonds is 31. The topological polar surface area (TPSA) is 212 Å². The summed E-state index contributed by atoms with van der Waals surface area (Å²) in [5, 5.41) is 16.6. The van der Waals surface area contributed by atoms with Crippen molar-refractivity contribution in [3.8, 4) is 0 Å². The van der Waals surface area contributed by atoms with Gasteiger partial charge in [0.2, 0.25) is 11.8 Å². The van der Waals surface area contributed by atoms with Crippen molar-refractivity contribution in [1.29, 1.82) is 0 Å². The zero-order chi connectivity index (χ0) is 48.3. The summed E-state index contributed by atoms with van der Waals surface area (Å²) in [5.41, 5.74) is 3.39. The largest absolute Gasteiger partial charge is 0.445 e. The summed E-state index contributed by atoms with van der Waals surface area (Å²) in [7, 11) is 0. The van der Waals surface area contributed by atoms with Crippen LogP contribution in [0.4, 0.5) is 19.2 Å². The van der Waals surface area contributed by atoms with Crippen molar-refractivity contribution < 1.29 is 47.7 Å². The van der Waals surface area contributed by atoms with Crippen molar-refractivity contribution >= 4 is 36.2 Å². The Morgan fingerprint density at radius 3 is 0.897 bits per heavy atom. The van der Waals surface area contributed by atoms with E-state index in [4.69, 9.17) is 18.9 Å². The van der Waals surface area contributed by atoms with Crippen LogP contribution in [-0.2, 0) is 55.0 Å². The molecule has 0 saturated heterocycles. The van der Waals surface area contributed by atoms with Gasteiger partial charge in [-0.2, -0.15) is 0 Å². The zero-order valence-electron chi connectivity index (χ0n) is 38.9. The molecule has 4 aromatic carbocycles. The SMILES string of the molecule is O=C(NCCCC(NC(=O)OCc1ccccc1)C(=O)NCCCCCCCCCCNC(=O)C(CCCNC(=O)OCc1ccccc1)NC(=O)OCc1ccccc1)OCc1ccccc1. The number of hydrogen-bond acceptors (Lipinski definition) is 10. The molecule has 0 saturated carbocycles. The Balaban J connectivity index is 1.07. The van der Waals surface area contributed by atoms with Gasteiger partial charge in [0.15, 0.2) is 0 Å². The number of unbranched alkanes of at least 4 members (excludes halogenated alkanes) is 7. The molecule has 16 heteroatoms. The van der Waals surface area contributed by atoms with Crippen molar-refractivity contribution in [2.75, 3.05) is 26.2 Å². The Labute approximate surface area is 400 Å². The van der Waals surface area contributed by atoms with Gasteiger partial charge < -0.3 is 50.8 Å². The molecular weight excluding hydrogens is 869 g/mol. The van der Waals surface area contributed by atoms with Crippen LogP contribution in [0.25, 0.3) is 0 Å². The number of benzene rings is 4. The Morgan fingerprint density at radius 1 is 0.324 bits per heavy atom. The minimum absolute atomic E-state index is 0.0673. The minimum Gasteiger partial charge on any atom is -0.445 e. The number of ether oxygens (including phenoxy) is 4. The van der Waals surface area contributed by atoms with Crippen LogP contribution >= 0.6 is 0 Å². The van der Waals surface area contributed by atoms with E-state index in [9.17, 15) is 28.8 Å². The lowest BCUT2D eigenvalue weighted by molar-refractivity contribution is -0.124. The lowest BCUT2D eigenvalue weighted by atomic mass is 10.1. The van der Waals surface area contributed by atoms with E-state index in [0.29, 0.717) is 25.9 Å². The number of carbonyl (C=O) groups is 6. The molecule has 0 radical (unpaired) electrons. The van der Waals surface area contributed by atoms with Crippen LogP contribution in [0.15, 0.2) is 121 Å². The predicted molar refractivity (Wildman–Crippen MR) is 258 cm³/mol. The second-order valence-electron chi connectivity index (χ2n) is 16.2. The van der Waals surface area contributed by atoms with Gasteiger partial charge in [0, 0.05) is 26.2 Å². The van der Waals surface area contributed by atoms with E-state index < -0.39 is 36.5 Å². The first kappa shape index (κ1) is 53.5.